The molecule has 28 heavy (non-hydrogen) atoms. The molecule has 1 aliphatic rings. The number of guanidine groups is 1. The predicted molar refractivity (Wildman–Crippen MR) is 112 cm³/mol. The molecule has 1 atom stereocenters. The van der Waals surface area contributed by atoms with Gasteiger partial charge in [-0.3, -0.25) is 4.99 Å². The van der Waals surface area contributed by atoms with Crippen LogP contribution in [-0.2, 0) is 14.2 Å². The minimum atomic E-state index is -0.485. The lowest BCUT2D eigenvalue weighted by Gasteiger charge is -2.27. The highest BCUT2D eigenvalue weighted by molar-refractivity contribution is 5.79. The summed E-state index contributed by atoms with van der Waals surface area (Å²) in [5.74, 6) is 1.28. The Labute approximate surface area is 170 Å². The Hall–Kier alpha value is -1.54. The number of amides is 1. The molecular weight excluding hydrogens is 360 g/mol. The highest BCUT2D eigenvalue weighted by Crippen LogP contribution is 2.12. The van der Waals surface area contributed by atoms with E-state index < -0.39 is 5.60 Å². The van der Waals surface area contributed by atoms with Crippen LogP contribution in [0.5, 0.6) is 0 Å². The van der Waals surface area contributed by atoms with Crippen molar-refractivity contribution in [2.75, 3.05) is 59.7 Å². The minimum absolute atomic E-state index is 0.274. The molecule has 1 fully saturated rings. The second kappa shape index (κ2) is 13.6. The van der Waals surface area contributed by atoms with E-state index in [2.05, 4.69) is 15.6 Å². The number of carbonyl (C=O) groups excluding carboxylic acids is 1. The number of nitrogens with zero attached hydrogens (tertiary/aromatic N) is 2. The van der Waals surface area contributed by atoms with E-state index in [4.69, 9.17) is 14.2 Å². The van der Waals surface area contributed by atoms with Crippen molar-refractivity contribution in [3.8, 4) is 0 Å². The second-order valence-electron chi connectivity index (χ2n) is 8.05. The zero-order chi connectivity index (χ0) is 20.8. The number of hydrogen-bond acceptors (Lipinski definition) is 5. The van der Waals surface area contributed by atoms with E-state index >= 15 is 0 Å². The van der Waals surface area contributed by atoms with Crippen molar-refractivity contribution in [2.24, 2.45) is 10.9 Å². The molecule has 1 saturated heterocycles. The van der Waals surface area contributed by atoms with Crippen LogP contribution in [0.3, 0.4) is 0 Å². The highest BCUT2D eigenvalue weighted by Gasteiger charge is 2.21. The number of aliphatic imine (C=N–C) groups is 1. The number of nitrogens with one attached hydrogen (secondary N) is 2. The first kappa shape index (κ1) is 24.5. The van der Waals surface area contributed by atoms with E-state index in [1.807, 2.05) is 27.7 Å². The van der Waals surface area contributed by atoms with Crippen LogP contribution in [0.15, 0.2) is 4.99 Å². The molecule has 0 aromatic carbocycles. The van der Waals surface area contributed by atoms with Crippen LogP contribution < -0.4 is 10.6 Å². The highest BCUT2D eigenvalue weighted by atomic mass is 16.6. The Morgan fingerprint density at radius 2 is 2.00 bits per heavy atom. The molecule has 0 radical (unpaired) electrons. The molecule has 1 heterocycles. The smallest absolute Gasteiger partial charge is 0.410 e. The molecule has 8 nitrogen and oxygen atoms in total. The third kappa shape index (κ3) is 11.3. The summed E-state index contributed by atoms with van der Waals surface area (Å²) in [7, 11) is 1.74. The summed E-state index contributed by atoms with van der Waals surface area (Å²) >= 11 is 0. The fraction of sp³-hybridized carbons (Fsp3) is 0.900. The first-order valence-corrected chi connectivity index (χ1v) is 10.4. The zero-order valence-corrected chi connectivity index (χ0v) is 18.4. The number of rotatable bonds is 11. The number of hydrogen-bond donors (Lipinski definition) is 2. The summed E-state index contributed by atoms with van der Waals surface area (Å²) in [6.07, 6.45) is 2.63. The number of carbonyl (C=O) groups is 1. The Morgan fingerprint density at radius 1 is 1.25 bits per heavy atom. The third-order valence-electron chi connectivity index (χ3n) is 4.18. The van der Waals surface area contributed by atoms with E-state index in [9.17, 15) is 4.79 Å². The largest absolute Gasteiger partial charge is 0.444 e. The van der Waals surface area contributed by atoms with Gasteiger partial charge in [-0.15, -0.1) is 0 Å². The summed E-state index contributed by atoms with van der Waals surface area (Å²) in [4.78, 5) is 18.2. The Bertz CT molecular complexity index is 460. The van der Waals surface area contributed by atoms with E-state index in [1.54, 1.807) is 11.9 Å². The summed E-state index contributed by atoms with van der Waals surface area (Å²) in [6, 6.07) is 0. The van der Waals surface area contributed by atoms with Crippen molar-refractivity contribution in [1.82, 2.24) is 15.5 Å². The SMILES string of the molecule is CCCN(CCNC(=NC)NCCCOCC1CCOC1)C(=O)OC(C)(C)C. The minimum Gasteiger partial charge on any atom is -0.444 e. The molecule has 1 aliphatic heterocycles. The van der Waals surface area contributed by atoms with Gasteiger partial charge >= 0.3 is 6.09 Å². The van der Waals surface area contributed by atoms with Crippen molar-refractivity contribution in [3.63, 3.8) is 0 Å². The maximum Gasteiger partial charge on any atom is 0.410 e. The molecule has 0 aromatic rings. The maximum absolute atomic E-state index is 12.3. The van der Waals surface area contributed by atoms with Crippen molar-refractivity contribution in [1.29, 1.82) is 0 Å². The molecule has 2 N–H and O–H groups in total. The summed E-state index contributed by atoms with van der Waals surface area (Å²) in [5.41, 5.74) is -0.485. The maximum atomic E-state index is 12.3. The van der Waals surface area contributed by atoms with Crippen LogP contribution >= 0.6 is 0 Å². The molecule has 0 bridgehead atoms. The summed E-state index contributed by atoms with van der Waals surface area (Å²) < 4.78 is 16.5. The predicted octanol–water partition coefficient (Wildman–Crippen LogP) is 2.24. The normalized spacial score (nSPS) is 17.5. The molecule has 0 aromatic heterocycles. The van der Waals surface area contributed by atoms with Crippen LogP contribution in [0, 0.1) is 5.92 Å². The molecule has 0 saturated carbocycles. The van der Waals surface area contributed by atoms with Gasteiger partial charge in [0, 0.05) is 52.4 Å². The summed E-state index contributed by atoms with van der Waals surface area (Å²) in [6.45, 7) is 13.5. The zero-order valence-electron chi connectivity index (χ0n) is 18.4. The van der Waals surface area contributed by atoms with E-state index in [0.29, 0.717) is 25.6 Å². The van der Waals surface area contributed by atoms with Crippen LogP contribution in [-0.4, -0.2) is 82.2 Å². The molecule has 0 spiro atoms. The van der Waals surface area contributed by atoms with E-state index in [-0.39, 0.29) is 6.09 Å². The third-order valence-corrected chi connectivity index (χ3v) is 4.18. The number of ether oxygens (including phenoxy) is 3. The van der Waals surface area contributed by atoms with Gasteiger partial charge in [0.05, 0.1) is 13.2 Å². The van der Waals surface area contributed by atoms with Gasteiger partial charge in [0.1, 0.15) is 5.60 Å². The van der Waals surface area contributed by atoms with Crippen LogP contribution in [0.25, 0.3) is 0 Å². The molecule has 8 heteroatoms. The molecular formula is C20H40N4O4. The molecule has 1 amide bonds. The van der Waals surface area contributed by atoms with Gasteiger partial charge in [-0.25, -0.2) is 4.79 Å². The molecule has 1 rings (SSSR count). The van der Waals surface area contributed by atoms with Crippen LogP contribution in [0.1, 0.15) is 47.0 Å². The van der Waals surface area contributed by atoms with Crippen molar-refractivity contribution >= 4 is 12.1 Å². The quantitative estimate of drug-likeness (QED) is 0.314. The van der Waals surface area contributed by atoms with Gasteiger partial charge in [-0.1, -0.05) is 6.92 Å². The van der Waals surface area contributed by atoms with Crippen LogP contribution in [0.2, 0.25) is 0 Å². The fourth-order valence-electron chi connectivity index (χ4n) is 2.77. The average Bonchev–Trinajstić information content (AvgIpc) is 3.14. The molecule has 0 aliphatic carbocycles. The monoisotopic (exact) mass is 400 g/mol. The second-order valence-corrected chi connectivity index (χ2v) is 8.05. The lowest BCUT2D eigenvalue weighted by atomic mass is 10.1. The van der Waals surface area contributed by atoms with E-state index in [0.717, 1.165) is 58.2 Å². The van der Waals surface area contributed by atoms with Gasteiger partial charge < -0.3 is 29.7 Å². The van der Waals surface area contributed by atoms with Gasteiger partial charge in [-0.05, 0) is 40.0 Å². The Morgan fingerprint density at radius 3 is 2.61 bits per heavy atom. The Kier molecular flexibility index (Phi) is 11.9. The fourth-order valence-corrected chi connectivity index (χ4v) is 2.77. The standard InChI is InChI=1S/C20H40N4O4/c1-6-11-24(19(25)28-20(2,3)4)12-10-23-18(21-5)22-9-7-13-26-15-17-8-14-27-16-17/h17H,6-16H2,1-5H3,(H2,21,22,23). The van der Waals surface area contributed by atoms with Crippen LogP contribution in [0.4, 0.5) is 4.79 Å². The van der Waals surface area contributed by atoms with Crippen molar-refractivity contribution < 1.29 is 19.0 Å². The van der Waals surface area contributed by atoms with Gasteiger partial charge in [0.25, 0.3) is 0 Å². The topological polar surface area (TPSA) is 84.4 Å². The van der Waals surface area contributed by atoms with E-state index in [1.165, 1.54) is 0 Å². The summed E-state index contributed by atoms with van der Waals surface area (Å²) in [5, 5.41) is 6.51. The lowest BCUT2D eigenvalue weighted by molar-refractivity contribution is 0.0253. The average molecular weight is 401 g/mol. The first-order chi connectivity index (χ1) is 13.4. The van der Waals surface area contributed by atoms with Crippen molar-refractivity contribution in [3.05, 3.63) is 0 Å². The lowest BCUT2D eigenvalue weighted by Crippen LogP contribution is -2.44. The first-order valence-electron chi connectivity index (χ1n) is 10.4. The molecule has 164 valence electrons. The molecule has 1 unspecified atom stereocenters. The van der Waals surface area contributed by atoms with Gasteiger partial charge in [-0.2, -0.15) is 0 Å². The van der Waals surface area contributed by atoms with Crippen molar-refractivity contribution in [2.45, 2.75) is 52.6 Å². The Balaban J connectivity index is 2.18. The van der Waals surface area contributed by atoms with Gasteiger partial charge in [0.15, 0.2) is 5.96 Å². The van der Waals surface area contributed by atoms with Gasteiger partial charge in [0.2, 0.25) is 0 Å².